The molecule has 32 heavy (non-hydrogen) atoms. The molecule has 8 heteroatoms. The number of rotatable bonds is 2. The normalized spacial score (nSPS) is 13.4. The van der Waals surface area contributed by atoms with Crippen molar-refractivity contribution in [2.75, 3.05) is 5.73 Å². The van der Waals surface area contributed by atoms with E-state index in [1.54, 1.807) is 15.6 Å². The summed E-state index contributed by atoms with van der Waals surface area (Å²) in [5.41, 5.74) is 11.7. The van der Waals surface area contributed by atoms with Gasteiger partial charge in [-0.05, 0) is 26.8 Å². The molecule has 0 radical (unpaired) electrons. The highest BCUT2D eigenvalue weighted by Crippen LogP contribution is 2.32. The number of nitrogens with two attached hydrogens (primary N) is 1. The molecule has 162 valence electrons. The van der Waals surface area contributed by atoms with Crippen molar-refractivity contribution in [3.8, 4) is 22.4 Å². The van der Waals surface area contributed by atoms with Crippen LogP contribution in [0.2, 0.25) is 0 Å². The molecule has 0 fully saturated rings. The fourth-order valence-corrected chi connectivity index (χ4v) is 3.82. The maximum absolute atomic E-state index is 12.5. The molecule has 0 unspecified atom stereocenters. The summed E-state index contributed by atoms with van der Waals surface area (Å²) in [6, 6.07) is 14.0. The van der Waals surface area contributed by atoms with Gasteiger partial charge in [0.15, 0.2) is 5.65 Å². The molecule has 4 aromatic rings. The van der Waals surface area contributed by atoms with Gasteiger partial charge in [-0.2, -0.15) is 9.61 Å². The molecule has 0 atom stereocenters. The largest absolute Gasteiger partial charge is 0.444 e. The number of carbonyl (C=O) groups excluding carboxylic acids is 1. The number of carbonyl (C=O) groups is 1. The van der Waals surface area contributed by atoms with Gasteiger partial charge in [0, 0.05) is 28.5 Å². The molecule has 0 bridgehead atoms. The Morgan fingerprint density at radius 1 is 1.03 bits per heavy atom. The predicted octanol–water partition coefficient (Wildman–Crippen LogP) is 4.29. The summed E-state index contributed by atoms with van der Waals surface area (Å²) < 4.78 is 7.12. The van der Waals surface area contributed by atoms with E-state index < -0.39 is 5.60 Å². The van der Waals surface area contributed by atoms with Gasteiger partial charge in [-0.1, -0.05) is 36.4 Å². The highest BCUT2D eigenvalue weighted by molar-refractivity contribution is 5.79. The maximum Gasteiger partial charge on any atom is 0.410 e. The molecule has 0 saturated heterocycles. The van der Waals surface area contributed by atoms with E-state index in [-0.39, 0.29) is 6.09 Å². The van der Waals surface area contributed by atoms with Gasteiger partial charge in [-0.15, -0.1) is 0 Å². The summed E-state index contributed by atoms with van der Waals surface area (Å²) in [5, 5.41) is 4.45. The molecule has 1 aliphatic rings. The zero-order valence-corrected chi connectivity index (χ0v) is 18.2. The van der Waals surface area contributed by atoms with Crippen molar-refractivity contribution in [2.24, 2.45) is 0 Å². The van der Waals surface area contributed by atoms with Crippen LogP contribution >= 0.6 is 0 Å². The number of fused-ring (bicyclic) bond motifs is 2. The number of ether oxygens (including phenoxy) is 1. The van der Waals surface area contributed by atoms with Crippen LogP contribution in [0.5, 0.6) is 0 Å². The monoisotopic (exact) mass is 428 g/mol. The third-order valence-corrected chi connectivity index (χ3v) is 5.36. The quantitative estimate of drug-likeness (QED) is 0.511. The summed E-state index contributed by atoms with van der Waals surface area (Å²) in [6.07, 6.45) is 3.18. The standard InChI is InChI=1S/C24H24N6O2/c1-24(2,3)32-23(31)29-13-18-20(14-29)28-22-17(12-27-30(22)21(18)25)16-9-10-19(26-11-16)15-7-5-4-6-8-15/h4-12H,13-14,25H2,1-3H3. The van der Waals surface area contributed by atoms with Gasteiger partial charge < -0.3 is 10.5 Å². The highest BCUT2D eigenvalue weighted by atomic mass is 16.6. The third-order valence-electron chi connectivity index (χ3n) is 5.36. The summed E-state index contributed by atoms with van der Waals surface area (Å²) in [4.78, 5) is 23.5. The number of nitrogens with zero attached hydrogens (tertiary/aromatic N) is 5. The van der Waals surface area contributed by atoms with Gasteiger partial charge in [0.25, 0.3) is 0 Å². The number of amides is 1. The van der Waals surface area contributed by atoms with Crippen LogP contribution in [-0.4, -0.2) is 36.2 Å². The van der Waals surface area contributed by atoms with Crippen LogP contribution in [0, 0.1) is 0 Å². The Labute approximate surface area is 185 Å². The first-order valence-corrected chi connectivity index (χ1v) is 10.4. The lowest BCUT2D eigenvalue weighted by atomic mass is 10.1. The number of pyridine rings is 1. The van der Waals surface area contributed by atoms with Gasteiger partial charge in [0.1, 0.15) is 11.4 Å². The summed E-state index contributed by atoms with van der Waals surface area (Å²) in [7, 11) is 0. The van der Waals surface area contributed by atoms with E-state index in [0.29, 0.717) is 24.6 Å². The number of aromatic nitrogens is 4. The average Bonchev–Trinajstić information content (AvgIpc) is 3.39. The Kier molecular flexibility index (Phi) is 4.58. The molecule has 0 aliphatic carbocycles. The number of hydrogen-bond donors (Lipinski definition) is 1. The minimum absolute atomic E-state index is 0.348. The minimum atomic E-state index is -0.564. The van der Waals surface area contributed by atoms with E-state index in [1.165, 1.54) is 0 Å². The molecule has 3 aromatic heterocycles. The van der Waals surface area contributed by atoms with Crippen molar-refractivity contribution in [1.29, 1.82) is 0 Å². The molecule has 1 aromatic carbocycles. The number of nitrogen functional groups attached to an aromatic ring is 1. The lowest BCUT2D eigenvalue weighted by molar-refractivity contribution is 0.0241. The zero-order chi connectivity index (χ0) is 22.5. The summed E-state index contributed by atoms with van der Waals surface area (Å²) in [5.74, 6) is 0.483. The van der Waals surface area contributed by atoms with Crippen LogP contribution in [0.15, 0.2) is 54.9 Å². The van der Waals surface area contributed by atoms with Crippen LogP contribution in [0.25, 0.3) is 28.0 Å². The number of benzene rings is 1. The zero-order valence-electron chi connectivity index (χ0n) is 18.2. The van der Waals surface area contributed by atoms with Crippen molar-refractivity contribution in [3.63, 3.8) is 0 Å². The first-order valence-electron chi connectivity index (χ1n) is 10.4. The molecule has 8 nitrogen and oxygen atoms in total. The van der Waals surface area contributed by atoms with E-state index in [2.05, 4.69) is 10.1 Å². The molecule has 4 heterocycles. The van der Waals surface area contributed by atoms with E-state index in [4.69, 9.17) is 15.5 Å². The molecule has 0 saturated carbocycles. The second-order valence-corrected chi connectivity index (χ2v) is 8.85. The molecule has 2 N–H and O–H groups in total. The van der Waals surface area contributed by atoms with Gasteiger partial charge in [-0.3, -0.25) is 9.88 Å². The third kappa shape index (κ3) is 3.53. The van der Waals surface area contributed by atoms with E-state index in [9.17, 15) is 4.79 Å². The van der Waals surface area contributed by atoms with Crippen LogP contribution in [0.3, 0.4) is 0 Å². The molecule has 0 spiro atoms. The molecular weight excluding hydrogens is 404 g/mol. The Balaban J connectivity index is 1.47. The summed E-state index contributed by atoms with van der Waals surface area (Å²) >= 11 is 0. The van der Waals surface area contributed by atoms with Gasteiger partial charge in [0.05, 0.1) is 30.7 Å². The van der Waals surface area contributed by atoms with Gasteiger partial charge in [0.2, 0.25) is 0 Å². The van der Waals surface area contributed by atoms with Crippen molar-refractivity contribution in [3.05, 3.63) is 66.1 Å². The Morgan fingerprint density at radius 3 is 2.50 bits per heavy atom. The van der Waals surface area contributed by atoms with Crippen LogP contribution in [0.1, 0.15) is 32.0 Å². The fraction of sp³-hybridized carbons (Fsp3) is 0.250. The second kappa shape index (κ2) is 7.33. The maximum atomic E-state index is 12.5. The van der Waals surface area contributed by atoms with Gasteiger partial charge in [-0.25, -0.2) is 9.78 Å². The lowest BCUT2D eigenvalue weighted by Crippen LogP contribution is -2.33. The van der Waals surface area contributed by atoms with E-state index in [1.807, 2.05) is 69.4 Å². The van der Waals surface area contributed by atoms with Gasteiger partial charge >= 0.3 is 6.09 Å². The number of anilines is 1. The first kappa shape index (κ1) is 20.0. The van der Waals surface area contributed by atoms with Crippen LogP contribution in [-0.2, 0) is 17.8 Å². The van der Waals surface area contributed by atoms with Crippen molar-refractivity contribution in [1.82, 2.24) is 24.5 Å². The highest BCUT2D eigenvalue weighted by Gasteiger charge is 2.31. The first-order chi connectivity index (χ1) is 15.3. The molecule has 1 amide bonds. The lowest BCUT2D eigenvalue weighted by Gasteiger charge is -2.23. The second-order valence-electron chi connectivity index (χ2n) is 8.85. The smallest absolute Gasteiger partial charge is 0.410 e. The molecular formula is C24H24N6O2. The Morgan fingerprint density at radius 2 is 1.81 bits per heavy atom. The van der Waals surface area contributed by atoms with Crippen LogP contribution in [0.4, 0.5) is 10.6 Å². The predicted molar refractivity (Wildman–Crippen MR) is 122 cm³/mol. The Bertz CT molecular complexity index is 1310. The van der Waals surface area contributed by atoms with Crippen LogP contribution < -0.4 is 5.73 Å². The minimum Gasteiger partial charge on any atom is -0.444 e. The van der Waals surface area contributed by atoms with Crippen molar-refractivity contribution in [2.45, 2.75) is 39.5 Å². The number of hydrogen-bond acceptors (Lipinski definition) is 6. The topological polar surface area (TPSA) is 98.6 Å². The SMILES string of the molecule is CC(C)(C)OC(=O)N1Cc2nc3c(-c4ccc(-c5ccccc5)nc4)cnn3c(N)c2C1. The van der Waals surface area contributed by atoms with Crippen molar-refractivity contribution >= 4 is 17.6 Å². The van der Waals surface area contributed by atoms with Crippen molar-refractivity contribution < 1.29 is 9.53 Å². The Hall–Kier alpha value is -3.94. The summed E-state index contributed by atoms with van der Waals surface area (Å²) in [6.45, 7) is 6.23. The average molecular weight is 428 g/mol. The van der Waals surface area contributed by atoms with E-state index in [0.717, 1.165) is 33.6 Å². The molecule has 5 rings (SSSR count). The van der Waals surface area contributed by atoms with E-state index >= 15 is 0 Å². The fourth-order valence-electron chi connectivity index (χ4n) is 3.82. The molecule has 1 aliphatic heterocycles.